The minimum Gasteiger partial charge on any atom is -0.343 e. The van der Waals surface area contributed by atoms with Crippen molar-refractivity contribution in [3.8, 4) is 22.4 Å². The van der Waals surface area contributed by atoms with Crippen LogP contribution < -0.4 is 5.56 Å². The Morgan fingerprint density at radius 1 is 0.913 bits per heavy atom. The minimum absolute atomic E-state index is 0.129. The lowest BCUT2D eigenvalue weighted by atomic mass is 10.0. The molecule has 0 saturated carbocycles. The zero-order chi connectivity index (χ0) is 15.8. The monoisotopic (exact) mass is 301 g/mol. The second-order valence-corrected chi connectivity index (χ2v) is 5.51. The van der Waals surface area contributed by atoms with Gasteiger partial charge in [-0.25, -0.2) is 0 Å². The van der Waals surface area contributed by atoms with E-state index in [2.05, 4.69) is 10.1 Å². The summed E-state index contributed by atoms with van der Waals surface area (Å²) < 4.78 is 1.44. The minimum atomic E-state index is -0.129. The number of aryl methyl sites for hydroxylation is 1. The van der Waals surface area contributed by atoms with Gasteiger partial charge in [0.15, 0.2) is 0 Å². The number of hydrogen-bond donors (Lipinski definition) is 1. The number of fused-ring (bicyclic) bond motifs is 1. The van der Waals surface area contributed by atoms with Gasteiger partial charge in [0.25, 0.3) is 5.56 Å². The molecule has 0 radical (unpaired) electrons. The molecule has 0 fully saturated rings. The van der Waals surface area contributed by atoms with Crippen molar-refractivity contribution in [2.24, 2.45) is 0 Å². The van der Waals surface area contributed by atoms with Gasteiger partial charge < -0.3 is 4.98 Å². The van der Waals surface area contributed by atoms with Crippen LogP contribution in [0.1, 0.15) is 5.69 Å². The fourth-order valence-corrected chi connectivity index (χ4v) is 2.84. The molecule has 2 aromatic carbocycles. The maximum atomic E-state index is 12.3. The molecule has 0 aliphatic heterocycles. The van der Waals surface area contributed by atoms with Crippen LogP contribution in [0.2, 0.25) is 0 Å². The van der Waals surface area contributed by atoms with Crippen LogP contribution in [0, 0.1) is 6.92 Å². The number of H-pyrrole nitrogens is 1. The van der Waals surface area contributed by atoms with Crippen molar-refractivity contribution in [1.29, 1.82) is 0 Å². The summed E-state index contributed by atoms with van der Waals surface area (Å²) in [4.78, 5) is 15.6. The van der Waals surface area contributed by atoms with Crippen molar-refractivity contribution in [2.45, 2.75) is 6.92 Å². The average Bonchev–Trinajstić information content (AvgIpc) is 2.96. The standard InChI is InChI=1S/C19H15N3O/c1-13-12-16(23)22-19(20-13)17(14-8-4-2-5-9-14)18(21-22)15-10-6-3-7-11-15/h2-12,20H,1H3. The third-order valence-electron chi connectivity index (χ3n) is 3.86. The first kappa shape index (κ1) is 13.5. The Morgan fingerprint density at radius 3 is 2.17 bits per heavy atom. The highest BCUT2D eigenvalue weighted by molar-refractivity contribution is 5.90. The molecule has 0 atom stereocenters. The van der Waals surface area contributed by atoms with Crippen molar-refractivity contribution in [2.75, 3.05) is 0 Å². The Morgan fingerprint density at radius 2 is 1.52 bits per heavy atom. The molecule has 0 amide bonds. The van der Waals surface area contributed by atoms with Gasteiger partial charge in [0, 0.05) is 17.3 Å². The lowest BCUT2D eigenvalue weighted by Gasteiger charge is -2.04. The SMILES string of the molecule is Cc1cc(=O)n2nc(-c3ccccc3)c(-c3ccccc3)c2[nH]1. The number of hydrogen-bond acceptors (Lipinski definition) is 2. The number of aromatic nitrogens is 3. The van der Waals surface area contributed by atoms with E-state index in [4.69, 9.17) is 0 Å². The van der Waals surface area contributed by atoms with Crippen LogP contribution in [0.25, 0.3) is 28.0 Å². The van der Waals surface area contributed by atoms with Crippen molar-refractivity contribution >= 4 is 5.65 Å². The number of aromatic amines is 1. The first-order valence-electron chi connectivity index (χ1n) is 7.47. The number of nitrogens with one attached hydrogen (secondary N) is 1. The van der Waals surface area contributed by atoms with Gasteiger partial charge in [-0.15, -0.1) is 0 Å². The quantitative estimate of drug-likeness (QED) is 0.614. The molecule has 4 rings (SSSR count). The van der Waals surface area contributed by atoms with E-state index in [1.807, 2.05) is 67.6 Å². The van der Waals surface area contributed by atoms with Crippen LogP contribution >= 0.6 is 0 Å². The molecular formula is C19H15N3O. The smallest absolute Gasteiger partial charge is 0.274 e. The Bertz CT molecular complexity index is 1030. The van der Waals surface area contributed by atoms with Gasteiger partial charge in [0.1, 0.15) is 11.3 Å². The molecule has 4 nitrogen and oxygen atoms in total. The Hall–Kier alpha value is -3.14. The summed E-state index contributed by atoms with van der Waals surface area (Å²) in [5, 5.41) is 4.57. The van der Waals surface area contributed by atoms with Crippen LogP contribution in [-0.2, 0) is 0 Å². The molecule has 112 valence electrons. The van der Waals surface area contributed by atoms with Crippen LogP contribution in [-0.4, -0.2) is 14.6 Å². The average molecular weight is 301 g/mol. The van der Waals surface area contributed by atoms with Crippen molar-refractivity contribution in [1.82, 2.24) is 14.6 Å². The maximum Gasteiger partial charge on any atom is 0.274 e. The predicted octanol–water partition coefficient (Wildman–Crippen LogP) is 3.67. The summed E-state index contributed by atoms with van der Waals surface area (Å²) in [6.45, 7) is 1.88. The van der Waals surface area contributed by atoms with E-state index < -0.39 is 0 Å². The summed E-state index contributed by atoms with van der Waals surface area (Å²) >= 11 is 0. The molecule has 0 unspecified atom stereocenters. The number of benzene rings is 2. The van der Waals surface area contributed by atoms with Crippen molar-refractivity contribution in [3.05, 3.63) is 82.8 Å². The lowest BCUT2D eigenvalue weighted by molar-refractivity contribution is 0.893. The summed E-state index contributed by atoms with van der Waals surface area (Å²) in [7, 11) is 0. The van der Waals surface area contributed by atoms with E-state index in [1.54, 1.807) is 6.07 Å². The number of rotatable bonds is 2. The van der Waals surface area contributed by atoms with Gasteiger partial charge in [-0.2, -0.15) is 9.61 Å². The van der Waals surface area contributed by atoms with E-state index in [1.165, 1.54) is 4.52 Å². The van der Waals surface area contributed by atoms with Gasteiger partial charge in [-0.05, 0) is 12.5 Å². The van der Waals surface area contributed by atoms with Gasteiger partial charge in [0.05, 0.1) is 5.56 Å². The normalized spacial score (nSPS) is 11.0. The lowest BCUT2D eigenvalue weighted by Crippen LogP contribution is -2.14. The largest absolute Gasteiger partial charge is 0.343 e. The summed E-state index contributed by atoms with van der Waals surface area (Å²) in [6, 6.07) is 21.5. The van der Waals surface area contributed by atoms with Gasteiger partial charge >= 0.3 is 0 Å². The van der Waals surface area contributed by atoms with E-state index in [-0.39, 0.29) is 5.56 Å². The maximum absolute atomic E-state index is 12.3. The van der Waals surface area contributed by atoms with E-state index >= 15 is 0 Å². The zero-order valence-electron chi connectivity index (χ0n) is 12.7. The molecule has 1 N–H and O–H groups in total. The molecule has 4 aromatic rings. The molecule has 0 aliphatic carbocycles. The van der Waals surface area contributed by atoms with Crippen LogP contribution in [0.3, 0.4) is 0 Å². The van der Waals surface area contributed by atoms with Gasteiger partial charge in [-0.3, -0.25) is 4.79 Å². The predicted molar refractivity (Wildman–Crippen MR) is 91.4 cm³/mol. The van der Waals surface area contributed by atoms with Crippen LogP contribution in [0.15, 0.2) is 71.5 Å². The fourth-order valence-electron chi connectivity index (χ4n) is 2.84. The summed E-state index contributed by atoms with van der Waals surface area (Å²) in [5.74, 6) is 0. The highest BCUT2D eigenvalue weighted by Crippen LogP contribution is 2.33. The Balaban J connectivity index is 2.14. The fraction of sp³-hybridized carbons (Fsp3) is 0.0526. The van der Waals surface area contributed by atoms with E-state index in [0.717, 1.165) is 33.7 Å². The third-order valence-corrected chi connectivity index (χ3v) is 3.86. The molecule has 23 heavy (non-hydrogen) atoms. The second kappa shape index (κ2) is 5.25. The molecule has 0 saturated heterocycles. The molecule has 4 heteroatoms. The summed E-state index contributed by atoms with van der Waals surface area (Å²) in [6.07, 6.45) is 0. The van der Waals surface area contributed by atoms with E-state index in [9.17, 15) is 4.79 Å². The number of nitrogens with zero attached hydrogens (tertiary/aromatic N) is 2. The first-order valence-corrected chi connectivity index (χ1v) is 7.47. The third kappa shape index (κ3) is 2.25. The molecule has 0 spiro atoms. The Kier molecular flexibility index (Phi) is 3.08. The summed E-state index contributed by atoms with van der Waals surface area (Å²) in [5.41, 5.74) is 5.17. The molecule has 2 heterocycles. The van der Waals surface area contributed by atoms with Crippen molar-refractivity contribution < 1.29 is 0 Å². The van der Waals surface area contributed by atoms with E-state index in [0.29, 0.717) is 0 Å². The van der Waals surface area contributed by atoms with Gasteiger partial charge in [0.2, 0.25) is 0 Å². The molecule has 0 aliphatic rings. The Labute approximate surface area is 133 Å². The first-order chi connectivity index (χ1) is 11.2. The molecule has 2 aromatic heterocycles. The van der Waals surface area contributed by atoms with Crippen LogP contribution in [0.4, 0.5) is 0 Å². The van der Waals surface area contributed by atoms with Crippen molar-refractivity contribution in [3.63, 3.8) is 0 Å². The molecule has 0 bridgehead atoms. The molecular weight excluding hydrogens is 286 g/mol. The topological polar surface area (TPSA) is 50.2 Å². The zero-order valence-corrected chi connectivity index (χ0v) is 12.7. The van der Waals surface area contributed by atoms with Crippen LogP contribution in [0.5, 0.6) is 0 Å². The highest BCUT2D eigenvalue weighted by Gasteiger charge is 2.18. The van der Waals surface area contributed by atoms with Gasteiger partial charge in [-0.1, -0.05) is 60.7 Å². The highest BCUT2D eigenvalue weighted by atomic mass is 16.1. The second-order valence-electron chi connectivity index (χ2n) is 5.51.